The normalized spacial score (nSPS) is 19.2. The molecule has 2 atom stereocenters. The highest BCUT2D eigenvalue weighted by atomic mass is 19.4. The Morgan fingerprint density at radius 3 is 2.59 bits per heavy atom. The minimum absolute atomic E-state index is 0.102. The van der Waals surface area contributed by atoms with E-state index in [9.17, 15) is 27.1 Å². The van der Waals surface area contributed by atoms with Gasteiger partial charge in [-0.05, 0) is 24.8 Å². The molecule has 0 amide bonds. The van der Waals surface area contributed by atoms with Crippen LogP contribution >= 0.6 is 0 Å². The molecule has 2 aromatic heterocycles. The van der Waals surface area contributed by atoms with Crippen molar-refractivity contribution in [3.63, 3.8) is 0 Å². The summed E-state index contributed by atoms with van der Waals surface area (Å²) in [5, 5.41) is 13.9. The van der Waals surface area contributed by atoms with Gasteiger partial charge in [0.25, 0.3) is 0 Å². The summed E-state index contributed by atoms with van der Waals surface area (Å²) < 4.78 is 75.3. The van der Waals surface area contributed by atoms with E-state index < -0.39 is 34.7 Å². The summed E-state index contributed by atoms with van der Waals surface area (Å²) in [5.41, 5.74) is -2.49. The second-order valence-electron chi connectivity index (χ2n) is 8.77. The van der Waals surface area contributed by atoms with Crippen molar-refractivity contribution in [3.8, 4) is 17.0 Å². The molecule has 1 aliphatic heterocycles. The van der Waals surface area contributed by atoms with Crippen molar-refractivity contribution in [2.75, 3.05) is 18.6 Å². The maximum Gasteiger partial charge on any atom is 0.419 e. The van der Waals surface area contributed by atoms with E-state index in [0.717, 1.165) is 12.8 Å². The molecule has 1 fully saturated rings. The first-order chi connectivity index (χ1) is 15.9. The lowest BCUT2D eigenvalue weighted by molar-refractivity contribution is -0.140. The number of phenolic OH excluding ortho intramolecular Hbond substituents is 1. The molecule has 0 bridgehead atoms. The fraction of sp³-hybridized carbons (Fsp3) is 0.500. The average molecular weight is 485 g/mol. The van der Waals surface area contributed by atoms with Gasteiger partial charge in [-0.3, -0.25) is 0 Å². The Bertz CT molecular complexity index is 1230. The molecule has 1 N–H and O–H groups in total. The first-order valence-electron chi connectivity index (χ1n) is 10.7. The monoisotopic (exact) mass is 485 g/mol. The summed E-state index contributed by atoms with van der Waals surface area (Å²) >= 11 is 0. The van der Waals surface area contributed by atoms with E-state index >= 15 is 0 Å². The van der Waals surface area contributed by atoms with Gasteiger partial charge in [-0.25, -0.2) is 18.4 Å². The van der Waals surface area contributed by atoms with Gasteiger partial charge in [-0.2, -0.15) is 23.3 Å². The number of benzene rings is 1. The van der Waals surface area contributed by atoms with E-state index in [2.05, 4.69) is 28.9 Å². The summed E-state index contributed by atoms with van der Waals surface area (Å²) in [6, 6.07) is 0.410. The highest BCUT2D eigenvalue weighted by Crippen LogP contribution is 2.41. The number of ether oxygens (including phenoxy) is 1. The van der Waals surface area contributed by atoms with Crippen molar-refractivity contribution in [1.82, 2.24) is 19.7 Å². The molecule has 34 heavy (non-hydrogen) atoms. The summed E-state index contributed by atoms with van der Waals surface area (Å²) in [5.74, 6) is -4.63. The molecule has 2 unspecified atom stereocenters. The zero-order valence-corrected chi connectivity index (χ0v) is 19.0. The van der Waals surface area contributed by atoms with Gasteiger partial charge in [0.2, 0.25) is 5.95 Å². The Balaban J connectivity index is 1.76. The Kier molecular flexibility index (Phi) is 6.13. The number of fused-ring (bicyclic) bond motifs is 1. The topological polar surface area (TPSA) is 76.3 Å². The van der Waals surface area contributed by atoms with Crippen LogP contribution in [0.2, 0.25) is 0 Å². The number of nitrogens with zero attached hydrogens (tertiary/aromatic N) is 5. The number of hydrogen-bond acceptors (Lipinski definition) is 6. The van der Waals surface area contributed by atoms with Crippen molar-refractivity contribution in [3.05, 3.63) is 29.5 Å². The number of hydrogen-bond donors (Lipinski definition) is 1. The Morgan fingerprint density at radius 1 is 1.24 bits per heavy atom. The Morgan fingerprint density at radius 2 is 1.94 bits per heavy atom. The summed E-state index contributed by atoms with van der Waals surface area (Å²) in [7, 11) is 3.34. The molecule has 184 valence electrons. The third-order valence-electron chi connectivity index (χ3n) is 6.20. The molecule has 0 radical (unpaired) electrons. The largest absolute Gasteiger partial charge is 0.503 e. The van der Waals surface area contributed by atoms with Gasteiger partial charge in [0.05, 0.1) is 17.1 Å². The zero-order chi connectivity index (χ0) is 24.9. The highest BCUT2D eigenvalue weighted by molar-refractivity contribution is 5.91. The van der Waals surface area contributed by atoms with E-state index in [1.807, 2.05) is 11.9 Å². The third kappa shape index (κ3) is 4.15. The van der Waals surface area contributed by atoms with Crippen LogP contribution < -0.4 is 4.90 Å². The van der Waals surface area contributed by atoms with E-state index in [1.165, 1.54) is 17.9 Å². The predicted octanol–water partition coefficient (Wildman–Crippen LogP) is 4.67. The van der Waals surface area contributed by atoms with E-state index in [1.54, 1.807) is 0 Å². The second kappa shape index (κ2) is 8.64. The van der Waals surface area contributed by atoms with Crippen LogP contribution in [0.3, 0.4) is 0 Å². The molecule has 3 heterocycles. The molecule has 4 rings (SSSR count). The SMILES string of the molecule is CC(C)C1CC(N(C)c2ncc3c(-c4cc(C(F)(F)F)c(F)c(O)c4F)nn(C)c3n2)CCO1. The maximum atomic E-state index is 14.6. The second-order valence-corrected chi connectivity index (χ2v) is 8.77. The first kappa shape index (κ1) is 24.1. The van der Waals surface area contributed by atoms with E-state index in [-0.39, 0.29) is 28.9 Å². The number of halogens is 5. The molecular weight excluding hydrogens is 461 g/mol. The number of aromatic nitrogens is 4. The summed E-state index contributed by atoms with van der Waals surface area (Å²) in [6.45, 7) is 4.78. The van der Waals surface area contributed by atoms with Crippen LogP contribution in [0.15, 0.2) is 12.3 Å². The fourth-order valence-corrected chi connectivity index (χ4v) is 4.19. The molecule has 1 saturated heterocycles. The van der Waals surface area contributed by atoms with Gasteiger partial charge >= 0.3 is 6.18 Å². The van der Waals surface area contributed by atoms with Crippen LogP contribution in [0.5, 0.6) is 5.75 Å². The summed E-state index contributed by atoms with van der Waals surface area (Å²) in [4.78, 5) is 10.7. The summed E-state index contributed by atoms with van der Waals surface area (Å²) in [6.07, 6.45) is -2.14. The lowest BCUT2D eigenvalue weighted by atomic mass is 9.95. The van der Waals surface area contributed by atoms with Gasteiger partial charge in [0.1, 0.15) is 5.69 Å². The Hall–Kier alpha value is -3.02. The molecule has 3 aromatic rings. The number of alkyl halides is 3. The Labute approximate surface area is 192 Å². The third-order valence-corrected chi connectivity index (χ3v) is 6.20. The van der Waals surface area contributed by atoms with Crippen LogP contribution in [0.1, 0.15) is 32.3 Å². The lowest BCUT2D eigenvalue weighted by Crippen LogP contribution is -2.42. The van der Waals surface area contributed by atoms with Gasteiger partial charge in [0, 0.05) is 38.5 Å². The van der Waals surface area contributed by atoms with Crippen LogP contribution in [0.25, 0.3) is 22.3 Å². The predicted molar refractivity (Wildman–Crippen MR) is 114 cm³/mol. The minimum atomic E-state index is -5.14. The molecule has 7 nitrogen and oxygen atoms in total. The number of anilines is 1. The van der Waals surface area contributed by atoms with Crippen molar-refractivity contribution >= 4 is 17.0 Å². The fourth-order valence-electron chi connectivity index (χ4n) is 4.19. The molecule has 1 aliphatic rings. The van der Waals surface area contributed by atoms with Crippen LogP contribution in [0.4, 0.5) is 27.9 Å². The van der Waals surface area contributed by atoms with Crippen molar-refractivity contribution < 1.29 is 31.8 Å². The molecule has 12 heteroatoms. The van der Waals surface area contributed by atoms with Gasteiger partial charge in [-0.1, -0.05) is 13.8 Å². The minimum Gasteiger partial charge on any atom is -0.503 e. The molecule has 1 aromatic carbocycles. The first-order valence-corrected chi connectivity index (χ1v) is 10.7. The average Bonchev–Trinajstić information content (AvgIpc) is 3.12. The van der Waals surface area contributed by atoms with Gasteiger partial charge < -0.3 is 14.7 Å². The number of aryl methyl sites for hydroxylation is 1. The number of aromatic hydroxyl groups is 1. The van der Waals surface area contributed by atoms with Crippen LogP contribution in [-0.2, 0) is 18.0 Å². The van der Waals surface area contributed by atoms with Crippen LogP contribution in [-0.4, -0.2) is 50.7 Å². The quantitative estimate of drug-likeness (QED) is 0.542. The van der Waals surface area contributed by atoms with Crippen molar-refractivity contribution in [1.29, 1.82) is 0 Å². The molecule has 0 saturated carbocycles. The van der Waals surface area contributed by atoms with Crippen molar-refractivity contribution in [2.45, 2.75) is 45.0 Å². The number of phenols is 1. The zero-order valence-electron chi connectivity index (χ0n) is 19.0. The smallest absolute Gasteiger partial charge is 0.419 e. The van der Waals surface area contributed by atoms with E-state index in [0.29, 0.717) is 24.5 Å². The lowest BCUT2D eigenvalue weighted by Gasteiger charge is -2.37. The molecular formula is C22H24F5N5O2. The number of rotatable bonds is 4. The van der Waals surface area contributed by atoms with Gasteiger partial charge in [0.15, 0.2) is 23.0 Å². The molecule has 0 spiro atoms. The van der Waals surface area contributed by atoms with E-state index in [4.69, 9.17) is 4.74 Å². The van der Waals surface area contributed by atoms with Crippen LogP contribution in [0, 0.1) is 17.6 Å². The van der Waals surface area contributed by atoms with Gasteiger partial charge in [-0.15, -0.1) is 0 Å². The highest BCUT2D eigenvalue weighted by Gasteiger charge is 2.38. The standard InChI is InChI=1S/C22H24F5N5O2/c1-10(2)15-7-11(5-6-34-15)31(3)21-28-9-13-18(30-32(4)20(13)29-21)12-8-14(22(25,26)27)17(24)19(33)16(12)23/h8-11,15,33H,5-7H2,1-4H3. The maximum absolute atomic E-state index is 14.6. The molecule has 0 aliphatic carbocycles. The van der Waals surface area contributed by atoms with Crippen molar-refractivity contribution in [2.24, 2.45) is 13.0 Å².